The van der Waals surface area contributed by atoms with E-state index in [1.165, 1.54) is 4.90 Å². The number of hydrogen-bond donors (Lipinski definition) is 0. The van der Waals surface area contributed by atoms with Crippen LogP contribution in [0.5, 0.6) is 0 Å². The molecule has 0 spiro atoms. The van der Waals surface area contributed by atoms with E-state index in [1.807, 2.05) is 44.5 Å². The normalized spacial score (nSPS) is 16.8. The Kier molecular flexibility index (Phi) is 6.92. The molecule has 1 aliphatic heterocycles. The molecule has 0 bridgehead atoms. The van der Waals surface area contributed by atoms with Gasteiger partial charge in [-0.1, -0.05) is 11.6 Å². The largest absolute Gasteiger partial charge is 0.444 e. The van der Waals surface area contributed by atoms with Crippen molar-refractivity contribution in [2.24, 2.45) is 0 Å². The summed E-state index contributed by atoms with van der Waals surface area (Å²) in [6.45, 7) is 9.05. The van der Waals surface area contributed by atoms with Crippen molar-refractivity contribution in [1.29, 1.82) is 0 Å². The molecule has 3 heterocycles. The highest BCUT2D eigenvalue weighted by atomic mass is 35.5. The molecule has 1 aliphatic rings. The molecule has 0 aliphatic carbocycles. The predicted molar refractivity (Wildman–Crippen MR) is 134 cm³/mol. The Morgan fingerprint density at radius 2 is 2.09 bits per heavy atom. The first-order valence-corrected chi connectivity index (χ1v) is 12.2. The molecule has 34 heavy (non-hydrogen) atoms. The Labute approximate surface area is 204 Å². The summed E-state index contributed by atoms with van der Waals surface area (Å²) < 4.78 is 15.0. The number of nitrogens with zero attached hydrogens (tertiary/aromatic N) is 4. The van der Waals surface area contributed by atoms with Crippen molar-refractivity contribution in [3.8, 4) is 0 Å². The summed E-state index contributed by atoms with van der Waals surface area (Å²) >= 11 is 6.34. The van der Waals surface area contributed by atoms with Crippen LogP contribution >= 0.6 is 11.6 Å². The van der Waals surface area contributed by atoms with E-state index < -0.39 is 5.60 Å². The number of halogens is 1. The van der Waals surface area contributed by atoms with Crippen LogP contribution in [0.15, 0.2) is 23.0 Å². The first-order chi connectivity index (χ1) is 16.1. The van der Waals surface area contributed by atoms with Crippen LogP contribution < -0.4 is 5.56 Å². The van der Waals surface area contributed by atoms with Gasteiger partial charge in [0.2, 0.25) is 0 Å². The number of aromatic nitrogens is 3. The van der Waals surface area contributed by atoms with Crippen molar-refractivity contribution in [3.05, 3.63) is 39.3 Å². The van der Waals surface area contributed by atoms with Crippen molar-refractivity contribution in [3.63, 3.8) is 0 Å². The summed E-state index contributed by atoms with van der Waals surface area (Å²) in [5, 5.41) is 6.83. The number of benzene rings is 1. The zero-order chi connectivity index (χ0) is 24.6. The van der Waals surface area contributed by atoms with E-state index in [-0.39, 0.29) is 17.9 Å². The Balaban J connectivity index is 1.69. The number of rotatable bonds is 5. The third-order valence-corrected chi connectivity index (χ3v) is 6.36. The standard InChI is InChI=1S/C25H33ClN4O4/c1-16-21-22(27-30(16)20-9-6-7-14-33-20)18-15-17(26)10-11-19(18)29(23(21)31)13-8-12-28(5)24(32)34-25(2,3)4/h10-11,15,20H,6-9,12-14H2,1-5H3. The van der Waals surface area contributed by atoms with E-state index in [0.717, 1.165) is 35.9 Å². The van der Waals surface area contributed by atoms with Crippen LogP contribution in [0.25, 0.3) is 21.8 Å². The number of amides is 1. The fraction of sp³-hybridized carbons (Fsp3) is 0.560. The van der Waals surface area contributed by atoms with E-state index in [1.54, 1.807) is 17.7 Å². The summed E-state index contributed by atoms with van der Waals surface area (Å²) in [5.74, 6) is 0. The topological polar surface area (TPSA) is 78.6 Å². The minimum Gasteiger partial charge on any atom is -0.444 e. The van der Waals surface area contributed by atoms with Gasteiger partial charge in [0.1, 0.15) is 17.3 Å². The van der Waals surface area contributed by atoms with Gasteiger partial charge >= 0.3 is 6.09 Å². The fourth-order valence-electron chi connectivity index (χ4n) is 4.46. The highest BCUT2D eigenvalue weighted by molar-refractivity contribution is 6.31. The van der Waals surface area contributed by atoms with Gasteiger partial charge < -0.3 is 18.9 Å². The quantitative estimate of drug-likeness (QED) is 0.489. The number of carbonyl (C=O) groups excluding carboxylic acids is 1. The molecule has 1 saturated heterocycles. The highest BCUT2D eigenvalue weighted by Crippen LogP contribution is 2.30. The molecule has 0 radical (unpaired) electrons. The average molecular weight is 489 g/mol. The van der Waals surface area contributed by atoms with E-state index in [2.05, 4.69) is 0 Å². The monoisotopic (exact) mass is 488 g/mol. The van der Waals surface area contributed by atoms with E-state index in [4.69, 9.17) is 26.2 Å². The lowest BCUT2D eigenvalue weighted by molar-refractivity contribution is -0.0402. The smallest absolute Gasteiger partial charge is 0.410 e. The molecule has 1 aromatic carbocycles. The number of pyridine rings is 1. The van der Waals surface area contributed by atoms with Crippen molar-refractivity contribution in [2.75, 3.05) is 20.2 Å². The minimum absolute atomic E-state index is 0.0932. The minimum atomic E-state index is -0.553. The van der Waals surface area contributed by atoms with Gasteiger partial charge in [-0.2, -0.15) is 5.10 Å². The van der Waals surface area contributed by atoms with Crippen LogP contribution in [-0.4, -0.2) is 51.1 Å². The average Bonchev–Trinajstić information content (AvgIpc) is 3.13. The summed E-state index contributed by atoms with van der Waals surface area (Å²) in [6, 6.07) is 5.51. The Morgan fingerprint density at radius 1 is 1.32 bits per heavy atom. The lowest BCUT2D eigenvalue weighted by atomic mass is 10.1. The van der Waals surface area contributed by atoms with Crippen LogP contribution in [0.4, 0.5) is 4.79 Å². The Hall–Kier alpha value is -2.58. The second-order valence-corrected chi connectivity index (χ2v) is 10.4. The highest BCUT2D eigenvalue weighted by Gasteiger charge is 2.24. The molecular weight excluding hydrogens is 456 g/mol. The third-order valence-electron chi connectivity index (χ3n) is 6.12. The number of aryl methyl sites for hydroxylation is 2. The maximum Gasteiger partial charge on any atom is 0.410 e. The molecule has 1 atom stereocenters. The van der Waals surface area contributed by atoms with Gasteiger partial charge in [-0.3, -0.25) is 4.79 Å². The van der Waals surface area contributed by atoms with Crippen LogP contribution in [0.2, 0.25) is 5.02 Å². The number of hydrogen-bond acceptors (Lipinski definition) is 5. The van der Waals surface area contributed by atoms with Gasteiger partial charge in [0, 0.05) is 37.2 Å². The second-order valence-electron chi connectivity index (χ2n) is 9.95. The van der Waals surface area contributed by atoms with E-state index >= 15 is 0 Å². The predicted octanol–water partition coefficient (Wildman–Crippen LogP) is 5.27. The van der Waals surface area contributed by atoms with Crippen molar-refractivity contribution in [1.82, 2.24) is 19.2 Å². The molecule has 1 fully saturated rings. The van der Waals surface area contributed by atoms with Crippen LogP contribution in [0.1, 0.15) is 58.4 Å². The zero-order valence-corrected chi connectivity index (χ0v) is 21.3. The number of fused-ring (bicyclic) bond motifs is 3. The molecule has 3 aromatic rings. The summed E-state index contributed by atoms with van der Waals surface area (Å²) in [4.78, 5) is 27.5. The molecule has 8 nitrogen and oxygen atoms in total. The van der Waals surface area contributed by atoms with Gasteiger partial charge in [-0.15, -0.1) is 0 Å². The van der Waals surface area contributed by atoms with Gasteiger partial charge in [0.15, 0.2) is 0 Å². The number of carbonyl (C=O) groups is 1. The van der Waals surface area contributed by atoms with Crippen LogP contribution in [0, 0.1) is 6.92 Å². The van der Waals surface area contributed by atoms with E-state index in [9.17, 15) is 9.59 Å². The van der Waals surface area contributed by atoms with Crippen molar-refractivity contribution in [2.45, 2.75) is 71.8 Å². The lowest BCUT2D eigenvalue weighted by Gasteiger charge is -2.24. The second kappa shape index (κ2) is 9.58. The molecular formula is C25H33ClN4O4. The zero-order valence-electron chi connectivity index (χ0n) is 20.6. The number of ether oxygens (including phenoxy) is 2. The molecule has 1 amide bonds. The summed E-state index contributed by atoms with van der Waals surface area (Å²) in [6.07, 6.45) is 3.04. The Bertz CT molecular complexity index is 1270. The van der Waals surface area contributed by atoms with Crippen LogP contribution in [-0.2, 0) is 16.0 Å². The van der Waals surface area contributed by atoms with E-state index in [0.29, 0.717) is 42.0 Å². The van der Waals surface area contributed by atoms with Crippen molar-refractivity contribution >= 4 is 39.5 Å². The molecule has 0 saturated carbocycles. The summed E-state index contributed by atoms with van der Waals surface area (Å²) in [7, 11) is 1.70. The SMILES string of the molecule is Cc1c2c(=O)n(CCCN(C)C(=O)OC(C)(C)C)c3ccc(Cl)cc3c2nn1C1CCCCO1. The first kappa shape index (κ1) is 24.5. The molecule has 2 aromatic heterocycles. The van der Waals surface area contributed by atoms with Gasteiger partial charge in [-0.25, -0.2) is 9.48 Å². The molecule has 9 heteroatoms. The third kappa shape index (κ3) is 4.93. The van der Waals surface area contributed by atoms with Crippen molar-refractivity contribution < 1.29 is 14.3 Å². The maximum absolute atomic E-state index is 13.7. The van der Waals surface area contributed by atoms with Gasteiger partial charge in [0.05, 0.1) is 16.6 Å². The lowest BCUT2D eigenvalue weighted by Crippen LogP contribution is -2.35. The first-order valence-electron chi connectivity index (χ1n) is 11.8. The summed E-state index contributed by atoms with van der Waals surface area (Å²) in [5.41, 5.74) is 1.58. The maximum atomic E-state index is 13.7. The Morgan fingerprint density at radius 3 is 2.76 bits per heavy atom. The van der Waals surface area contributed by atoms with Gasteiger partial charge in [-0.05, 0) is 71.6 Å². The van der Waals surface area contributed by atoms with Crippen LogP contribution in [0.3, 0.4) is 0 Å². The molecule has 4 rings (SSSR count). The molecule has 1 unspecified atom stereocenters. The fourth-order valence-corrected chi connectivity index (χ4v) is 4.63. The van der Waals surface area contributed by atoms with Gasteiger partial charge in [0.25, 0.3) is 5.56 Å². The molecule has 0 N–H and O–H groups in total. The molecule has 184 valence electrons.